The standard InChI is InChI=1S/C13H25NO2/c1-4-5-6-7-8-9-10-11-12-13(15)14(2)16-3/h4H,1,5-12H2,2-3H3. The van der Waals surface area contributed by atoms with Crippen molar-refractivity contribution in [1.82, 2.24) is 5.06 Å². The number of allylic oxidation sites excluding steroid dienone is 1. The SMILES string of the molecule is C=CCCCCCCCCC(=O)N(C)OC. The Morgan fingerprint density at radius 3 is 2.31 bits per heavy atom. The largest absolute Gasteiger partial charge is 0.275 e. The molecule has 0 bridgehead atoms. The topological polar surface area (TPSA) is 29.5 Å². The average molecular weight is 227 g/mol. The van der Waals surface area contributed by atoms with Crippen LogP contribution in [0, 0.1) is 0 Å². The zero-order chi connectivity index (χ0) is 12.2. The molecule has 3 nitrogen and oxygen atoms in total. The molecule has 0 N–H and O–H groups in total. The molecule has 0 saturated carbocycles. The van der Waals surface area contributed by atoms with Crippen LogP contribution >= 0.6 is 0 Å². The van der Waals surface area contributed by atoms with Crippen LogP contribution in [0.25, 0.3) is 0 Å². The fourth-order valence-electron chi connectivity index (χ4n) is 1.53. The molecule has 0 aromatic heterocycles. The maximum atomic E-state index is 11.3. The normalized spacial score (nSPS) is 10.1. The van der Waals surface area contributed by atoms with Crippen LogP contribution in [0.5, 0.6) is 0 Å². The Balaban J connectivity index is 3.20. The van der Waals surface area contributed by atoms with E-state index in [9.17, 15) is 4.79 Å². The summed E-state index contributed by atoms with van der Waals surface area (Å²) in [4.78, 5) is 16.1. The third-order valence-corrected chi connectivity index (χ3v) is 2.67. The molecule has 0 aromatic carbocycles. The molecule has 3 heteroatoms. The van der Waals surface area contributed by atoms with Gasteiger partial charge in [-0.1, -0.05) is 31.8 Å². The first-order chi connectivity index (χ1) is 7.72. The highest BCUT2D eigenvalue weighted by molar-refractivity contribution is 5.74. The number of nitrogens with zero attached hydrogens (tertiary/aromatic N) is 1. The van der Waals surface area contributed by atoms with E-state index in [1.165, 1.54) is 37.9 Å². The number of carbonyl (C=O) groups excluding carboxylic acids is 1. The van der Waals surface area contributed by atoms with Gasteiger partial charge in [-0.2, -0.15) is 0 Å². The molecule has 0 aromatic rings. The van der Waals surface area contributed by atoms with Crippen molar-refractivity contribution in [3.63, 3.8) is 0 Å². The summed E-state index contributed by atoms with van der Waals surface area (Å²) in [7, 11) is 3.16. The van der Waals surface area contributed by atoms with Crippen molar-refractivity contribution in [1.29, 1.82) is 0 Å². The van der Waals surface area contributed by atoms with Crippen molar-refractivity contribution in [2.24, 2.45) is 0 Å². The Morgan fingerprint density at radius 1 is 1.19 bits per heavy atom. The fraction of sp³-hybridized carbons (Fsp3) is 0.769. The van der Waals surface area contributed by atoms with Crippen LogP contribution in [0.1, 0.15) is 51.4 Å². The van der Waals surface area contributed by atoms with Crippen LogP contribution in [-0.4, -0.2) is 25.1 Å². The molecule has 0 unspecified atom stereocenters. The molecule has 0 aliphatic rings. The number of carbonyl (C=O) groups is 1. The molecule has 0 radical (unpaired) electrons. The van der Waals surface area contributed by atoms with Crippen molar-refractivity contribution < 1.29 is 9.63 Å². The van der Waals surface area contributed by atoms with E-state index >= 15 is 0 Å². The minimum absolute atomic E-state index is 0.0640. The number of rotatable bonds is 10. The smallest absolute Gasteiger partial charge is 0.245 e. The van der Waals surface area contributed by atoms with E-state index in [1.54, 1.807) is 7.05 Å². The summed E-state index contributed by atoms with van der Waals surface area (Å²) in [5.74, 6) is 0.0640. The maximum absolute atomic E-state index is 11.3. The summed E-state index contributed by atoms with van der Waals surface area (Å²) >= 11 is 0. The molecule has 0 aliphatic carbocycles. The first kappa shape index (κ1) is 15.2. The lowest BCUT2D eigenvalue weighted by molar-refractivity contribution is -0.168. The maximum Gasteiger partial charge on any atom is 0.245 e. The summed E-state index contributed by atoms with van der Waals surface area (Å²) < 4.78 is 0. The van der Waals surface area contributed by atoms with Gasteiger partial charge in [-0.15, -0.1) is 6.58 Å². The predicted octanol–water partition coefficient (Wildman–Crippen LogP) is 3.31. The third-order valence-electron chi connectivity index (χ3n) is 2.67. The lowest BCUT2D eigenvalue weighted by Crippen LogP contribution is -2.24. The molecule has 94 valence electrons. The Bertz CT molecular complexity index is 192. The van der Waals surface area contributed by atoms with E-state index in [0.717, 1.165) is 19.3 Å². The van der Waals surface area contributed by atoms with Crippen LogP contribution in [0.4, 0.5) is 0 Å². The van der Waals surface area contributed by atoms with E-state index < -0.39 is 0 Å². The van der Waals surface area contributed by atoms with Crippen molar-refractivity contribution in [2.45, 2.75) is 51.4 Å². The predicted molar refractivity (Wildman–Crippen MR) is 66.9 cm³/mol. The van der Waals surface area contributed by atoms with Crippen LogP contribution < -0.4 is 0 Å². The van der Waals surface area contributed by atoms with Crippen molar-refractivity contribution in [2.75, 3.05) is 14.2 Å². The quantitative estimate of drug-likeness (QED) is 0.325. The van der Waals surface area contributed by atoms with Crippen molar-refractivity contribution in [3.8, 4) is 0 Å². The second-order valence-corrected chi connectivity index (χ2v) is 4.02. The molecule has 16 heavy (non-hydrogen) atoms. The van der Waals surface area contributed by atoms with Gasteiger partial charge in [0.05, 0.1) is 7.11 Å². The number of unbranched alkanes of at least 4 members (excludes halogenated alkanes) is 6. The van der Waals surface area contributed by atoms with Crippen LogP contribution in [-0.2, 0) is 9.63 Å². The molecule has 0 spiro atoms. The Labute approximate surface area is 99.4 Å². The first-order valence-electron chi connectivity index (χ1n) is 6.14. The number of hydrogen-bond donors (Lipinski definition) is 0. The van der Waals surface area contributed by atoms with E-state index in [4.69, 9.17) is 4.84 Å². The minimum Gasteiger partial charge on any atom is -0.275 e. The molecule has 0 aliphatic heterocycles. The molecule has 0 saturated heterocycles. The fourth-order valence-corrected chi connectivity index (χ4v) is 1.53. The monoisotopic (exact) mass is 227 g/mol. The second kappa shape index (κ2) is 10.7. The van der Waals surface area contributed by atoms with Gasteiger partial charge in [0.25, 0.3) is 0 Å². The van der Waals surface area contributed by atoms with Gasteiger partial charge in [0.15, 0.2) is 0 Å². The van der Waals surface area contributed by atoms with Gasteiger partial charge in [0.1, 0.15) is 0 Å². The third kappa shape index (κ3) is 8.48. The molecule has 0 heterocycles. The number of hydrogen-bond acceptors (Lipinski definition) is 2. The van der Waals surface area contributed by atoms with Gasteiger partial charge in [-0.3, -0.25) is 9.63 Å². The Hall–Kier alpha value is -0.830. The highest BCUT2D eigenvalue weighted by Gasteiger charge is 2.06. The van der Waals surface area contributed by atoms with Gasteiger partial charge in [0, 0.05) is 13.5 Å². The highest BCUT2D eigenvalue weighted by Crippen LogP contribution is 2.09. The highest BCUT2D eigenvalue weighted by atomic mass is 16.7. The number of amides is 1. The lowest BCUT2D eigenvalue weighted by Gasteiger charge is -2.12. The van der Waals surface area contributed by atoms with Crippen molar-refractivity contribution >= 4 is 5.91 Å². The van der Waals surface area contributed by atoms with E-state index in [0.29, 0.717) is 6.42 Å². The van der Waals surface area contributed by atoms with Crippen LogP contribution in [0.2, 0.25) is 0 Å². The summed E-state index contributed by atoms with van der Waals surface area (Å²) in [6, 6.07) is 0. The van der Waals surface area contributed by atoms with Gasteiger partial charge in [-0.05, 0) is 19.3 Å². The summed E-state index contributed by atoms with van der Waals surface area (Å²) in [6.07, 6.45) is 10.8. The summed E-state index contributed by atoms with van der Waals surface area (Å²) in [5, 5.41) is 1.30. The molecular weight excluding hydrogens is 202 g/mol. The average Bonchev–Trinajstić information content (AvgIpc) is 2.31. The minimum atomic E-state index is 0.0640. The van der Waals surface area contributed by atoms with Gasteiger partial charge < -0.3 is 0 Å². The Morgan fingerprint density at radius 2 is 1.75 bits per heavy atom. The van der Waals surface area contributed by atoms with Crippen molar-refractivity contribution in [3.05, 3.63) is 12.7 Å². The summed E-state index contributed by atoms with van der Waals surface area (Å²) in [6.45, 7) is 3.70. The zero-order valence-corrected chi connectivity index (χ0v) is 10.7. The van der Waals surface area contributed by atoms with E-state index in [2.05, 4.69) is 6.58 Å². The molecule has 0 rings (SSSR count). The molecule has 0 atom stereocenters. The van der Waals surface area contributed by atoms with Crippen LogP contribution in [0.15, 0.2) is 12.7 Å². The molecule has 1 amide bonds. The van der Waals surface area contributed by atoms with Gasteiger partial charge >= 0.3 is 0 Å². The summed E-state index contributed by atoms with van der Waals surface area (Å²) in [5.41, 5.74) is 0. The number of hydroxylamine groups is 2. The zero-order valence-electron chi connectivity index (χ0n) is 10.7. The van der Waals surface area contributed by atoms with Crippen LogP contribution in [0.3, 0.4) is 0 Å². The molecular formula is C13H25NO2. The first-order valence-corrected chi connectivity index (χ1v) is 6.14. The van der Waals surface area contributed by atoms with Gasteiger partial charge in [0.2, 0.25) is 5.91 Å². The Kier molecular flexibility index (Phi) is 10.1. The molecule has 0 fully saturated rings. The van der Waals surface area contributed by atoms with Gasteiger partial charge in [-0.25, -0.2) is 5.06 Å². The van der Waals surface area contributed by atoms with E-state index in [-0.39, 0.29) is 5.91 Å². The second-order valence-electron chi connectivity index (χ2n) is 4.02. The van der Waals surface area contributed by atoms with E-state index in [1.807, 2.05) is 6.08 Å². The lowest BCUT2D eigenvalue weighted by atomic mass is 10.1.